The molecule has 2 unspecified atom stereocenters. The lowest BCUT2D eigenvalue weighted by atomic mass is 9.74. The zero-order valence-corrected chi connectivity index (χ0v) is 17.3. The highest BCUT2D eigenvalue weighted by Crippen LogP contribution is 2.49. The van der Waals surface area contributed by atoms with Crippen LogP contribution in [0.25, 0.3) is 0 Å². The number of carbonyl (C=O) groups excluding carboxylic acids is 1. The van der Waals surface area contributed by atoms with E-state index in [1.807, 2.05) is 0 Å². The molecule has 2 saturated carbocycles. The monoisotopic (exact) mass is 408 g/mol. The zero-order valence-electron chi connectivity index (χ0n) is 17.3. The van der Waals surface area contributed by atoms with Crippen molar-refractivity contribution in [2.24, 2.45) is 17.8 Å². The van der Waals surface area contributed by atoms with Gasteiger partial charge in [-0.1, -0.05) is 36.8 Å². The van der Waals surface area contributed by atoms with E-state index in [0.717, 1.165) is 36.8 Å². The number of rotatable bonds is 4. The molecule has 1 aliphatic heterocycles. The Morgan fingerprint density at radius 1 is 1.14 bits per heavy atom. The summed E-state index contributed by atoms with van der Waals surface area (Å²) in [5.41, 5.74) is -1.68. The first-order valence-corrected chi connectivity index (χ1v) is 10.8. The van der Waals surface area contributed by atoms with Crippen LogP contribution in [0.15, 0.2) is 30.3 Å². The first kappa shape index (κ1) is 20.7. The van der Waals surface area contributed by atoms with E-state index in [0.29, 0.717) is 5.56 Å². The summed E-state index contributed by atoms with van der Waals surface area (Å²) in [5.74, 6) is -3.93. The maximum absolute atomic E-state index is 14.0. The number of alkyl halides is 2. The SMILES string of the molecule is C[N+]1(C)CC2CCCC(C1)C2OC(=O)[C@](O)(c1ccccc1)[C@@H]1CCC(F)(F)C1. The van der Waals surface area contributed by atoms with Gasteiger partial charge in [0, 0.05) is 30.6 Å². The molecule has 1 heterocycles. The van der Waals surface area contributed by atoms with Crippen LogP contribution in [-0.4, -0.2) is 54.8 Å². The van der Waals surface area contributed by atoms with Gasteiger partial charge in [-0.15, -0.1) is 0 Å². The van der Waals surface area contributed by atoms with E-state index in [4.69, 9.17) is 4.74 Å². The third kappa shape index (κ3) is 3.93. The molecule has 2 bridgehead atoms. The molecular formula is C23H32F2NO3+. The Hall–Kier alpha value is -1.53. The fraction of sp³-hybridized carbons (Fsp3) is 0.696. The Morgan fingerprint density at radius 3 is 2.31 bits per heavy atom. The topological polar surface area (TPSA) is 46.5 Å². The van der Waals surface area contributed by atoms with Gasteiger partial charge in [0.05, 0.1) is 27.2 Å². The Balaban J connectivity index is 1.61. The van der Waals surface area contributed by atoms with Gasteiger partial charge in [-0.05, 0) is 24.8 Å². The second kappa shape index (κ2) is 7.31. The van der Waals surface area contributed by atoms with Gasteiger partial charge in [-0.25, -0.2) is 13.6 Å². The second-order valence-corrected chi connectivity index (χ2v) is 10.0. The molecule has 0 spiro atoms. The molecule has 0 aromatic heterocycles. The van der Waals surface area contributed by atoms with Gasteiger partial charge in [-0.2, -0.15) is 0 Å². The van der Waals surface area contributed by atoms with E-state index in [2.05, 4.69) is 14.1 Å². The van der Waals surface area contributed by atoms with Crippen molar-refractivity contribution in [3.63, 3.8) is 0 Å². The molecule has 4 atom stereocenters. The van der Waals surface area contributed by atoms with Crippen molar-refractivity contribution in [3.05, 3.63) is 35.9 Å². The molecule has 3 fully saturated rings. The van der Waals surface area contributed by atoms with Crippen molar-refractivity contribution in [2.45, 2.75) is 56.2 Å². The number of carbonyl (C=O) groups is 1. The van der Waals surface area contributed by atoms with E-state index in [9.17, 15) is 18.7 Å². The second-order valence-electron chi connectivity index (χ2n) is 10.0. The number of piperidine rings is 1. The van der Waals surface area contributed by atoms with Crippen LogP contribution in [0, 0.1) is 17.8 Å². The van der Waals surface area contributed by atoms with E-state index >= 15 is 0 Å². The van der Waals surface area contributed by atoms with Crippen molar-refractivity contribution in [2.75, 3.05) is 27.2 Å². The van der Waals surface area contributed by atoms with Crippen LogP contribution in [0.1, 0.15) is 44.1 Å². The van der Waals surface area contributed by atoms with Gasteiger partial charge in [0.1, 0.15) is 6.10 Å². The number of quaternary nitrogens is 1. The minimum Gasteiger partial charge on any atom is -0.459 e. The van der Waals surface area contributed by atoms with Crippen LogP contribution in [0.2, 0.25) is 0 Å². The molecule has 1 aromatic carbocycles. The Labute approximate surface area is 171 Å². The van der Waals surface area contributed by atoms with Crippen molar-refractivity contribution in [1.29, 1.82) is 0 Å². The van der Waals surface area contributed by atoms with Crippen LogP contribution in [0.5, 0.6) is 0 Å². The number of nitrogens with zero attached hydrogens (tertiary/aromatic N) is 1. The van der Waals surface area contributed by atoms with E-state index in [-0.39, 0.29) is 30.8 Å². The van der Waals surface area contributed by atoms with Crippen LogP contribution in [0.3, 0.4) is 0 Å². The van der Waals surface area contributed by atoms with Gasteiger partial charge >= 0.3 is 5.97 Å². The van der Waals surface area contributed by atoms with Crippen molar-refractivity contribution < 1.29 is 27.9 Å². The number of halogens is 2. The van der Waals surface area contributed by atoms with Crippen LogP contribution < -0.4 is 0 Å². The number of benzene rings is 1. The molecule has 29 heavy (non-hydrogen) atoms. The molecule has 4 nitrogen and oxygen atoms in total. The maximum Gasteiger partial charge on any atom is 0.343 e. The van der Waals surface area contributed by atoms with Gasteiger partial charge in [-0.3, -0.25) is 0 Å². The summed E-state index contributed by atoms with van der Waals surface area (Å²) in [6.07, 6.45) is 2.20. The number of aliphatic hydroxyl groups is 1. The van der Waals surface area contributed by atoms with Gasteiger partial charge in [0.15, 0.2) is 5.60 Å². The molecule has 1 N–H and O–H groups in total. The van der Waals surface area contributed by atoms with Gasteiger partial charge in [0.2, 0.25) is 5.92 Å². The quantitative estimate of drug-likeness (QED) is 0.610. The van der Waals surface area contributed by atoms with Crippen molar-refractivity contribution in [3.8, 4) is 0 Å². The molecule has 1 saturated heterocycles. The van der Waals surface area contributed by atoms with Crippen molar-refractivity contribution >= 4 is 5.97 Å². The molecule has 4 rings (SSSR count). The molecule has 160 valence electrons. The molecule has 1 aromatic rings. The first-order valence-electron chi connectivity index (χ1n) is 10.8. The Morgan fingerprint density at radius 2 is 1.76 bits per heavy atom. The number of ether oxygens (including phenoxy) is 1. The largest absolute Gasteiger partial charge is 0.459 e. The molecule has 6 heteroatoms. The van der Waals surface area contributed by atoms with E-state index in [1.165, 1.54) is 0 Å². The lowest BCUT2D eigenvalue weighted by Crippen LogP contribution is -2.60. The maximum atomic E-state index is 14.0. The predicted octanol–water partition coefficient (Wildman–Crippen LogP) is 3.73. The third-order valence-electron chi connectivity index (χ3n) is 7.30. The minimum absolute atomic E-state index is 0.106. The molecule has 2 aliphatic carbocycles. The summed E-state index contributed by atoms with van der Waals surface area (Å²) in [6.45, 7) is 1.86. The summed E-state index contributed by atoms with van der Waals surface area (Å²) in [4.78, 5) is 13.4. The highest BCUT2D eigenvalue weighted by atomic mass is 19.3. The third-order valence-corrected chi connectivity index (χ3v) is 7.30. The molecule has 0 radical (unpaired) electrons. The van der Waals surface area contributed by atoms with E-state index in [1.54, 1.807) is 30.3 Å². The van der Waals surface area contributed by atoms with Gasteiger partial charge in [0.25, 0.3) is 0 Å². The van der Waals surface area contributed by atoms with Crippen molar-refractivity contribution in [1.82, 2.24) is 0 Å². The number of fused-ring (bicyclic) bond motifs is 2. The Kier molecular flexibility index (Phi) is 5.23. The summed E-state index contributed by atoms with van der Waals surface area (Å²) in [7, 11) is 4.40. The Bertz CT molecular complexity index is 738. The average Bonchev–Trinajstić information content (AvgIpc) is 3.02. The fourth-order valence-corrected chi connectivity index (χ4v) is 6.02. The number of hydrogen-bond donors (Lipinski definition) is 1. The summed E-state index contributed by atoms with van der Waals surface area (Å²) in [5, 5.41) is 11.6. The summed E-state index contributed by atoms with van der Waals surface area (Å²) < 4.78 is 34.9. The molecule has 0 amide bonds. The van der Waals surface area contributed by atoms with Crippen LogP contribution in [0.4, 0.5) is 8.78 Å². The average molecular weight is 409 g/mol. The fourth-order valence-electron chi connectivity index (χ4n) is 6.02. The molecular weight excluding hydrogens is 376 g/mol. The predicted molar refractivity (Wildman–Crippen MR) is 105 cm³/mol. The summed E-state index contributed by atoms with van der Waals surface area (Å²) in [6, 6.07) is 8.49. The normalized spacial score (nSPS) is 34.9. The highest BCUT2D eigenvalue weighted by molar-refractivity contribution is 5.82. The van der Waals surface area contributed by atoms with E-state index < -0.39 is 29.8 Å². The first-order chi connectivity index (χ1) is 13.6. The lowest BCUT2D eigenvalue weighted by Gasteiger charge is -2.49. The zero-order chi connectivity index (χ0) is 20.9. The van der Waals surface area contributed by atoms with Crippen LogP contribution >= 0.6 is 0 Å². The number of esters is 1. The molecule has 3 aliphatic rings. The highest BCUT2D eigenvalue weighted by Gasteiger charge is 2.56. The number of likely N-dealkylation sites (tertiary alicyclic amines) is 1. The standard InChI is InChI=1S/C23H32F2NO3/c1-26(2)14-16-7-6-8-17(15-26)20(16)29-21(27)23(28,18-9-4-3-5-10-18)19-11-12-22(24,25)13-19/h3-5,9-10,16-17,19-20,28H,6-8,11-15H2,1-2H3/q+1/t16?,17?,19-,20?,23+/m1/s1. The smallest absolute Gasteiger partial charge is 0.343 e. The van der Waals surface area contributed by atoms with Crippen LogP contribution in [-0.2, 0) is 15.1 Å². The minimum atomic E-state index is -2.85. The number of hydrogen-bond acceptors (Lipinski definition) is 3. The summed E-state index contributed by atoms with van der Waals surface area (Å²) >= 11 is 0. The lowest BCUT2D eigenvalue weighted by molar-refractivity contribution is -0.905. The van der Waals surface area contributed by atoms with Gasteiger partial charge < -0.3 is 14.3 Å².